The molecule has 1 rings (SSSR count). The molecule has 1 unspecified atom stereocenters. The molecule has 0 aliphatic heterocycles. The van der Waals surface area contributed by atoms with Gasteiger partial charge < -0.3 is 14.8 Å². The first-order valence-corrected chi connectivity index (χ1v) is 6.20. The van der Waals surface area contributed by atoms with Crippen LogP contribution >= 0.6 is 0 Å². The summed E-state index contributed by atoms with van der Waals surface area (Å²) in [6.07, 6.45) is 4.14. The lowest BCUT2D eigenvalue weighted by atomic mass is 10.1. The zero-order valence-electron chi connectivity index (χ0n) is 10.7. The van der Waals surface area contributed by atoms with Crippen molar-refractivity contribution in [3.63, 3.8) is 0 Å². The summed E-state index contributed by atoms with van der Waals surface area (Å²) in [5.74, 6) is -0.811. The molecule has 0 aromatic carbocycles. The first-order chi connectivity index (χ1) is 8.60. The number of aryl methyl sites for hydroxylation is 1. The maximum atomic E-state index is 11.9. The largest absolute Gasteiger partial charge is 0.480 e. The van der Waals surface area contributed by atoms with Gasteiger partial charge in [0.25, 0.3) is 5.91 Å². The van der Waals surface area contributed by atoms with Crippen LogP contribution in [0.5, 0.6) is 0 Å². The molecule has 5 heteroatoms. The van der Waals surface area contributed by atoms with Gasteiger partial charge in [-0.05, 0) is 12.5 Å². The van der Waals surface area contributed by atoms with Gasteiger partial charge in [-0.15, -0.1) is 0 Å². The van der Waals surface area contributed by atoms with Gasteiger partial charge in [0.05, 0.1) is 11.8 Å². The summed E-state index contributed by atoms with van der Waals surface area (Å²) in [5.41, 5.74) is 0.417. The molecule has 1 amide bonds. The number of carboxylic acid groups (broad SMARTS) is 1. The Morgan fingerprint density at radius 1 is 1.44 bits per heavy atom. The van der Waals surface area contributed by atoms with Crippen LogP contribution in [0.25, 0.3) is 0 Å². The lowest BCUT2D eigenvalue weighted by Crippen LogP contribution is -2.40. The van der Waals surface area contributed by atoms with Crippen molar-refractivity contribution in [2.45, 2.75) is 45.6 Å². The van der Waals surface area contributed by atoms with Crippen molar-refractivity contribution in [2.24, 2.45) is 0 Å². The maximum Gasteiger partial charge on any atom is 0.326 e. The van der Waals surface area contributed by atoms with E-state index >= 15 is 0 Å². The Labute approximate surface area is 106 Å². The van der Waals surface area contributed by atoms with Crippen LogP contribution in [0.15, 0.2) is 16.7 Å². The third-order valence-electron chi connectivity index (χ3n) is 2.76. The number of aliphatic carboxylic acids is 1. The summed E-state index contributed by atoms with van der Waals surface area (Å²) in [6.45, 7) is 3.85. The molecule has 1 atom stereocenters. The average Bonchev–Trinajstić information content (AvgIpc) is 2.82. The van der Waals surface area contributed by atoms with Gasteiger partial charge in [-0.3, -0.25) is 4.79 Å². The minimum absolute atomic E-state index is 0.385. The second-order valence-corrected chi connectivity index (χ2v) is 4.12. The molecule has 0 fully saturated rings. The van der Waals surface area contributed by atoms with E-state index in [1.54, 1.807) is 6.07 Å². The molecule has 18 heavy (non-hydrogen) atoms. The second-order valence-electron chi connectivity index (χ2n) is 4.12. The normalized spacial score (nSPS) is 12.1. The zero-order chi connectivity index (χ0) is 13.5. The Bertz CT molecular complexity index is 411. The van der Waals surface area contributed by atoms with Gasteiger partial charge >= 0.3 is 5.97 Å². The van der Waals surface area contributed by atoms with Gasteiger partial charge in [0.2, 0.25) is 0 Å². The Hall–Kier alpha value is -1.78. The summed E-state index contributed by atoms with van der Waals surface area (Å²) < 4.78 is 5.15. The summed E-state index contributed by atoms with van der Waals surface area (Å²) in [4.78, 5) is 23.0. The molecule has 100 valence electrons. The fourth-order valence-electron chi connectivity index (χ4n) is 1.72. The van der Waals surface area contributed by atoms with Crippen molar-refractivity contribution in [3.8, 4) is 0 Å². The van der Waals surface area contributed by atoms with Crippen molar-refractivity contribution in [1.29, 1.82) is 0 Å². The first kappa shape index (κ1) is 14.3. The van der Waals surface area contributed by atoms with E-state index in [9.17, 15) is 9.59 Å². The molecule has 5 nitrogen and oxygen atoms in total. The molecule has 0 saturated heterocycles. The number of amides is 1. The van der Waals surface area contributed by atoms with Crippen LogP contribution in [-0.2, 0) is 11.2 Å². The predicted octanol–water partition coefficient (Wildman–Crippen LogP) is 2.22. The van der Waals surface area contributed by atoms with Crippen molar-refractivity contribution < 1.29 is 19.1 Å². The molecule has 1 aromatic heterocycles. The average molecular weight is 253 g/mol. The molecule has 0 bridgehead atoms. The van der Waals surface area contributed by atoms with Crippen LogP contribution in [0.4, 0.5) is 0 Å². The monoisotopic (exact) mass is 253 g/mol. The predicted molar refractivity (Wildman–Crippen MR) is 66.5 cm³/mol. The molecule has 0 saturated carbocycles. The van der Waals surface area contributed by atoms with Crippen LogP contribution in [0.2, 0.25) is 0 Å². The second kappa shape index (κ2) is 6.83. The van der Waals surface area contributed by atoms with Crippen molar-refractivity contribution in [2.75, 3.05) is 0 Å². The summed E-state index contributed by atoms with van der Waals surface area (Å²) >= 11 is 0. The fourth-order valence-corrected chi connectivity index (χ4v) is 1.72. The smallest absolute Gasteiger partial charge is 0.326 e. The van der Waals surface area contributed by atoms with Crippen molar-refractivity contribution in [1.82, 2.24) is 5.32 Å². The molecular formula is C13H19NO4. The van der Waals surface area contributed by atoms with Gasteiger partial charge in [0, 0.05) is 6.42 Å². The number of nitrogens with one attached hydrogen (secondary N) is 1. The lowest BCUT2D eigenvalue weighted by molar-refractivity contribution is -0.139. The molecular weight excluding hydrogens is 234 g/mol. The quantitative estimate of drug-likeness (QED) is 0.780. The number of carbonyl (C=O) groups excluding carboxylic acids is 1. The van der Waals surface area contributed by atoms with E-state index in [2.05, 4.69) is 5.32 Å². The minimum Gasteiger partial charge on any atom is -0.480 e. The van der Waals surface area contributed by atoms with Crippen LogP contribution < -0.4 is 5.32 Å². The molecule has 0 spiro atoms. The van der Waals surface area contributed by atoms with Crippen molar-refractivity contribution >= 4 is 11.9 Å². The topological polar surface area (TPSA) is 79.5 Å². The molecule has 0 aliphatic carbocycles. The molecule has 2 N–H and O–H groups in total. The summed E-state index contributed by atoms with van der Waals surface area (Å²) in [5, 5.41) is 11.6. The number of furan rings is 1. The highest BCUT2D eigenvalue weighted by Crippen LogP contribution is 2.12. The van der Waals surface area contributed by atoms with Crippen LogP contribution in [0.1, 0.15) is 49.2 Å². The van der Waals surface area contributed by atoms with E-state index in [0.29, 0.717) is 24.2 Å². The lowest BCUT2D eigenvalue weighted by Gasteiger charge is -2.13. The fraction of sp³-hybridized carbons (Fsp3) is 0.538. The van der Waals surface area contributed by atoms with E-state index < -0.39 is 12.0 Å². The standard InChI is InChI=1S/C13H19NO4/c1-3-5-6-10(13(16)17)14-12(15)9-7-8-18-11(9)4-2/h7-8,10H,3-6H2,1-2H3,(H,14,15)(H,16,17). The van der Waals surface area contributed by atoms with E-state index in [1.165, 1.54) is 6.26 Å². The zero-order valence-corrected chi connectivity index (χ0v) is 10.7. The van der Waals surface area contributed by atoms with Crippen LogP contribution in [-0.4, -0.2) is 23.0 Å². The molecule has 0 radical (unpaired) electrons. The van der Waals surface area contributed by atoms with E-state index in [-0.39, 0.29) is 5.91 Å². The van der Waals surface area contributed by atoms with Gasteiger partial charge in [-0.2, -0.15) is 0 Å². The van der Waals surface area contributed by atoms with Gasteiger partial charge in [0.15, 0.2) is 0 Å². The highest BCUT2D eigenvalue weighted by molar-refractivity contribution is 5.97. The summed E-state index contributed by atoms with van der Waals surface area (Å²) in [6, 6.07) is 0.726. The number of carboxylic acids is 1. The van der Waals surface area contributed by atoms with E-state index in [4.69, 9.17) is 9.52 Å². The van der Waals surface area contributed by atoms with Crippen LogP contribution in [0.3, 0.4) is 0 Å². The molecule has 1 aromatic rings. The first-order valence-electron chi connectivity index (χ1n) is 6.20. The molecule has 1 heterocycles. The third kappa shape index (κ3) is 3.61. The number of unbranched alkanes of at least 4 members (excludes halogenated alkanes) is 1. The highest BCUT2D eigenvalue weighted by Gasteiger charge is 2.22. The van der Waals surface area contributed by atoms with Crippen LogP contribution in [0, 0.1) is 0 Å². The number of rotatable bonds is 7. The number of carbonyl (C=O) groups is 2. The number of hydrogen-bond donors (Lipinski definition) is 2. The Balaban J connectivity index is 2.69. The van der Waals surface area contributed by atoms with E-state index in [0.717, 1.165) is 12.8 Å². The minimum atomic E-state index is -1.00. The number of hydrogen-bond acceptors (Lipinski definition) is 3. The van der Waals surface area contributed by atoms with Gasteiger partial charge in [0.1, 0.15) is 11.8 Å². The molecule has 0 aliphatic rings. The van der Waals surface area contributed by atoms with Gasteiger partial charge in [-0.25, -0.2) is 4.79 Å². The third-order valence-corrected chi connectivity index (χ3v) is 2.76. The van der Waals surface area contributed by atoms with Crippen molar-refractivity contribution in [3.05, 3.63) is 23.7 Å². The Morgan fingerprint density at radius 2 is 2.17 bits per heavy atom. The SMILES string of the molecule is CCCCC(NC(=O)c1ccoc1CC)C(=O)O. The highest BCUT2D eigenvalue weighted by atomic mass is 16.4. The van der Waals surface area contributed by atoms with Gasteiger partial charge in [-0.1, -0.05) is 26.7 Å². The maximum absolute atomic E-state index is 11.9. The Morgan fingerprint density at radius 3 is 2.72 bits per heavy atom. The Kier molecular flexibility index (Phi) is 5.42. The van der Waals surface area contributed by atoms with E-state index in [1.807, 2.05) is 13.8 Å². The summed E-state index contributed by atoms with van der Waals surface area (Å²) in [7, 11) is 0.